The molecule has 5 rings (SSSR count). The Balaban J connectivity index is 1.74. The topological polar surface area (TPSA) is 54.6 Å². The van der Waals surface area contributed by atoms with Gasteiger partial charge in [-0.3, -0.25) is 9.79 Å². The van der Waals surface area contributed by atoms with Gasteiger partial charge in [-0.05, 0) is 63.4 Å². The van der Waals surface area contributed by atoms with Gasteiger partial charge in [-0.15, -0.1) is 0 Å². The Kier molecular flexibility index (Phi) is 5.12. The van der Waals surface area contributed by atoms with Crippen LogP contribution >= 0.6 is 0 Å². The number of Topliss-reactive ketones (excluding diaryl/α,β-unsaturated/α-hetero) is 1. The summed E-state index contributed by atoms with van der Waals surface area (Å²) in [6, 6.07) is 12.5. The van der Waals surface area contributed by atoms with Crippen LogP contribution in [0.2, 0.25) is 0 Å². The van der Waals surface area contributed by atoms with Crippen LogP contribution in [0.5, 0.6) is 0 Å². The number of hydrogen-bond acceptors (Lipinski definition) is 3. The summed E-state index contributed by atoms with van der Waals surface area (Å²) in [6.07, 6.45) is 3.09. The van der Waals surface area contributed by atoms with E-state index in [-0.39, 0.29) is 11.5 Å². The summed E-state index contributed by atoms with van der Waals surface area (Å²) in [7, 11) is 0. The second-order valence-corrected chi connectivity index (χ2v) is 9.19. The number of ketones is 1. The Hall–Kier alpha value is -3.40. The Morgan fingerprint density at radius 2 is 1.76 bits per heavy atom. The van der Waals surface area contributed by atoms with Gasteiger partial charge in [0, 0.05) is 45.6 Å². The number of rotatable bonds is 5. The number of aliphatic imine (C=N–C) groups is 1. The van der Waals surface area contributed by atoms with Gasteiger partial charge in [0.05, 0.1) is 16.8 Å². The lowest BCUT2D eigenvalue weighted by Crippen LogP contribution is -2.24. The lowest BCUT2D eigenvalue weighted by Gasteiger charge is -2.24. The highest BCUT2D eigenvalue weighted by Gasteiger charge is 2.41. The largest absolute Gasteiger partial charge is 0.506 e. The molecule has 2 aromatic carbocycles. The zero-order valence-corrected chi connectivity index (χ0v) is 20.0. The summed E-state index contributed by atoms with van der Waals surface area (Å²) in [5.41, 5.74) is 9.54. The third kappa shape index (κ3) is 3.12. The lowest BCUT2D eigenvalue weighted by atomic mass is 9.78. The molecule has 0 saturated carbocycles. The van der Waals surface area contributed by atoms with E-state index < -0.39 is 0 Å². The molecule has 0 unspecified atom stereocenters. The molecule has 1 aromatic heterocycles. The van der Waals surface area contributed by atoms with Crippen molar-refractivity contribution >= 4 is 39.2 Å². The summed E-state index contributed by atoms with van der Waals surface area (Å²) in [4.78, 5) is 18.3. The number of aliphatic hydroxyl groups is 1. The molecule has 0 saturated heterocycles. The number of aromatic nitrogens is 1. The Morgan fingerprint density at radius 3 is 2.45 bits per heavy atom. The molecule has 1 aliphatic carbocycles. The van der Waals surface area contributed by atoms with Crippen LogP contribution in [0.1, 0.15) is 61.6 Å². The van der Waals surface area contributed by atoms with Gasteiger partial charge in [0.1, 0.15) is 5.76 Å². The fraction of sp³-hybridized carbons (Fsp3) is 0.310. The van der Waals surface area contributed by atoms with Gasteiger partial charge in [-0.2, -0.15) is 0 Å². The molecular formula is C29H30N2O2. The molecule has 1 N–H and O–H groups in total. The van der Waals surface area contributed by atoms with Crippen LogP contribution < -0.4 is 0 Å². The molecular weight excluding hydrogens is 408 g/mol. The summed E-state index contributed by atoms with van der Waals surface area (Å²) in [5, 5.41) is 12.3. The number of benzene rings is 2. The SMILES string of the molecule is CCCCn1c(C)c(C2=C(O)/C(=C3\C(C)=Nc4ccc(C)cc43)C2=O)c2cc(CC)ccc21. The van der Waals surface area contributed by atoms with Gasteiger partial charge >= 0.3 is 0 Å². The van der Waals surface area contributed by atoms with Crippen molar-refractivity contribution in [2.75, 3.05) is 0 Å². The Bertz CT molecular complexity index is 1430. The fourth-order valence-corrected chi connectivity index (χ4v) is 5.23. The van der Waals surface area contributed by atoms with E-state index in [1.165, 1.54) is 5.56 Å². The van der Waals surface area contributed by atoms with Crippen LogP contribution in [-0.2, 0) is 17.8 Å². The van der Waals surface area contributed by atoms with E-state index >= 15 is 0 Å². The summed E-state index contributed by atoms with van der Waals surface area (Å²) < 4.78 is 2.30. The van der Waals surface area contributed by atoms with Gasteiger partial charge < -0.3 is 9.67 Å². The average molecular weight is 439 g/mol. The normalized spacial score (nSPS) is 17.6. The molecule has 2 heterocycles. The van der Waals surface area contributed by atoms with E-state index in [4.69, 9.17) is 0 Å². The minimum Gasteiger partial charge on any atom is -0.506 e. The van der Waals surface area contributed by atoms with Gasteiger partial charge in [0.2, 0.25) is 5.78 Å². The summed E-state index contributed by atoms with van der Waals surface area (Å²) >= 11 is 0. The van der Waals surface area contributed by atoms with Crippen LogP contribution in [0.25, 0.3) is 22.0 Å². The second kappa shape index (κ2) is 7.87. The predicted molar refractivity (Wildman–Crippen MR) is 136 cm³/mol. The van der Waals surface area contributed by atoms with Crippen LogP contribution in [0.3, 0.4) is 0 Å². The molecule has 4 heteroatoms. The minimum absolute atomic E-state index is 0.0917. The minimum atomic E-state index is -0.0917. The van der Waals surface area contributed by atoms with Crippen molar-refractivity contribution in [1.82, 2.24) is 4.57 Å². The van der Waals surface area contributed by atoms with E-state index in [1.807, 2.05) is 32.0 Å². The summed E-state index contributed by atoms with van der Waals surface area (Å²) in [5.74, 6) is 0.00407. The number of fused-ring (bicyclic) bond motifs is 2. The number of unbranched alkanes of at least 4 members (excludes halogenated alkanes) is 1. The van der Waals surface area contributed by atoms with E-state index in [0.29, 0.717) is 11.1 Å². The average Bonchev–Trinajstić information content (AvgIpc) is 3.25. The Labute approximate surface area is 195 Å². The van der Waals surface area contributed by atoms with Gasteiger partial charge in [0.15, 0.2) is 0 Å². The molecule has 33 heavy (non-hydrogen) atoms. The second-order valence-electron chi connectivity index (χ2n) is 9.19. The quantitative estimate of drug-likeness (QED) is 0.435. The van der Waals surface area contributed by atoms with Crippen molar-refractivity contribution in [3.05, 3.63) is 75.7 Å². The van der Waals surface area contributed by atoms with Crippen LogP contribution in [-0.4, -0.2) is 21.2 Å². The maximum absolute atomic E-state index is 13.6. The molecule has 3 aromatic rings. The number of allylic oxidation sites excluding steroid dienone is 3. The zero-order valence-electron chi connectivity index (χ0n) is 20.0. The predicted octanol–water partition coefficient (Wildman–Crippen LogP) is 7.03. The van der Waals surface area contributed by atoms with Crippen LogP contribution in [0.15, 0.2) is 52.7 Å². The number of hydrogen-bond donors (Lipinski definition) is 1. The molecule has 2 aliphatic rings. The first-order valence-electron chi connectivity index (χ1n) is 11.9. The van der Waals surface area contributed by atoms with E-state index in [2.05, 4.69) is 48.5 Å². The van der Waals surface area contributed by atoms with Gasteiger partial charge in [-0.1, -0.05) is 38.0 Å². The van der Waals surface area contributed by atoms with E-state index in [1.54, 1.807) is 0 Å². The molecule has 0 atom stereocenters. The van der Waals surface area contributed by atoms with Crippen molar-refractivity contribution in [1.29, 1.82) is 0 Å². The molecule has 4 nitrogen and oxygen atoms in total. The van der Waals surface area contributed by atoms with Crippen molar-refractivity contribution in [3.8, 4) is 0 Å². The number of aliphatic hydroxyl groups excluding tert-OH is 1. The number of carbonyl (C=O) groups excluding carboxylic acids is 1. The van der Waals surface area contributed by atoms with Crippen molar-refractivity contribution in [3.63, 3.8) is 0 Å². The zero-order chi connectivity index (χ0) is 23.4. The number of nitrogens with zero attached hydrogens (tertiary/aromatic N) is 2. The summed E-state index contributed by atoms with van der Waals surface area (Å²) in [6.45, 7) is 11.2. The molecule has 0 radical (unpaired) electrons. The van der Waals surface area contributed by atoms with Crippen molar-refractivity contribution in [2.24, 2.45) is 4.99 Å². The lowest BCUT2D eigenvalue weighted by molar-refractivity contribution is -0.111. The first kappa shape index (κ1) is 21.4. The van der Waals surface area contributed by atoms with E-state index in [9.17, 15) is 9.90 Å². The highest BCUT2D eigenvalue weighted by Crippen LogP contribution is 2.47. The van der Waals surface area contributed by atoms with Gasteiger partial charge in [0.25, 0.3) is 0 Å². The smallest absolute Gasteiger partial charge is 0.201 e. The molecule has 1 aliphatic heterocycles. The maximum atomic E-state index is 13.6. The molecule has 0 fully saturated rings. The third-order valence-electron chi connectivity index (χ3n) is 7.03. The first-order chi connectivity index (χ1) is 15.9. The molecule has 0 bridgehead atoms. The van der Waals surface area contributed by atoms with Crippen LogP contribution in [0.4, 0.5) is 5.69 Å². The highest BCUT2D eigenvalue weighted by atomic mass is 16.3. The third-order valence-corrected chi connectivity index (χ3v) is 7.03. The van der Waals surface area contributed by atoms with Gasteiger partial charge in [-0.25, -0.2) is 0 Å². The maximum Gasteiger partial charge on any atom is 0.201 e. The van der Waals surface area contributed by atoms with Crippen LogP contribution in [0, 0.1) is 13.8 Å². The number of carbonyl (C=O) groups is 1. The molecule has 0 amide bonds. The van der Waals surface area contributed by atoms with Crippen molar-refractivity contribution in [2.45, 2.75) is 60.4 Å². The highest BCUT2D eigenvalue weighted by molar-refractivity contribution is 6.47. The van der Waals surface area contributed by atoms with Crippen molar-refractivity contribution < 1.29 is 9.90 Å². The molecule has 168 valence electrons. The molecule has 0 spiro atoms. The fourth-order valence-electron chi connectivity index (χ4n) is 5.23. The standard InChI is InChI=1S/C29H30N2O2/c1-6-8-13-31-18(5)25(21-15-19(7-2)10-12-23(21)31)27-28(32)26(29(27)33)24-17(4)30-22-11-9-16(3)14-20(22)24/h9-12,14-15,32H,6-8,13H2,1-5H3/b26-24-. The number of aryl methyl sites for hydroxylation is 3. The van der Waals surface area contributed by atoms with E-state index in [0.717, 1.165) is 76.1 Å². The first-order valence-corrected chi connectivity index (χ1v) is 11.9. The monoisotopic (exact) mass is 438 g/mol. The Morgan fingerprint density at radius 1 is 0.970 bits per heavy atom.